The molecular formula is C15H19N3O3S2. The summed E-state index contributed by atoms with van der Waals surface area (Å²) in [7, 11) is -3.17. The second-order valence-electron chi connectivity index (χ2n) is 5.39. The highest BCUT2D eigenvalue weighted by molar-refractivity contribution is 7.90. The van der Waals surface area contributed by atoms with Crippen LogP contribution in [0.25, 0.3) is 0 Å². The minimum Gasteiger partial charge on any atom is -0.487 e. The lowest BCUT2D eigenvalue weighted by Crippen LogP contribution is -2.43. The lowest BCUT2D eigenvalue weighted by atomic mass is 10.3. The quantitative estimate of drug-likeness (QED) is 0.879. The van der Waals surface area contributed by atoms with E-state index < -0.39 is 9.84 Å². The van der Waals surface area contributed by atoms with Gasteiger partial charge in [-0.15, -0.1) is 11.3 Å². The van der Waals surface area contributed by atoms with Crippen molar-refractivity contribution in [2.45, 2.75) is 11.5 Å². The van der Waals surface area contributed by atoms with Crippen LogP contribution in [0.15, 0.2) is 34.5 Å². The molecule has 0 atom stereocenters. The normalized spacial score (nSPS) is 15.6. The molecule has 1 aliphatic heterocycles. The third kappa shape index (κ3) is 4.21. The molecule has 0 bridgehead atoms. The van der Waals surface area contributed by atoms with Gasteiger partial charge in [-0.2, -0.15) is 0 Å². The summed E-state index contributed by atoms with van der Waals surface area (Å²) in [5.41, 5.74) is 0.885. The average Bonchev–Trinajstić information content (AvgIpc) is 3.02. The van der Waals surface area contributed by atoms with Gasteiger partial charge >= 0.3 is 0 Å². The first-order valence-corrected chi connectivity index (χ1v) is 10.1. The molecule has 0 unspecified atom stereocenters. The summed E-state index contributed by atoms with van der Waals surface area (Å²) in [5, 5.41) is 6.35. The topological polar surface area (TPSA) is 71.5 Å². The maximum absolute atomic E-state index is 11.4. The molecule has 124 valence electrons. The number of anilines is 1. The molecule has 8 heteroatoms. The predicted molar refractivity (Wildman–Crippen MR) is 91.1 cm³/mol. The fourth-order valence-electron chi connectivity index (χ4n) is 2.30. The number of nitrogens with one attached hydrogen (secondary N) is 1. The number of thiazole rings is 1. The van der Waals surface area contributed by atoms with Gasteiger partial charge in [-0.05, 0) is 24.3 Å². The van der Waals surface area contributed by atoms with E-state index >= 15 is 0 Å². The van der Waals surface area contributed by atoms with Crippen LogP contribution in [0.4, 0.5) is 5.13 Å². The molecule has 1 fully saturated rings. The highest BCUT2D eigenvalue weighted by Crippen LogP contribution is 2.22. The van der Waals surface area contributed by atoms with Crippen LogP contribution in [0.5, 0.6) is 5.75 Å². The Morgan fingerprint density at radius 1 is 1.26 bits per heavy atom. The number of benzene rings is 1. The van der Waals surface area contributed by atoms with Gasteiger partial charge in [0.1, 0.15) is 12.4 Å². The lowest BCUT2D eigenvalue weighted by molar-refractivity contribution is 0.302. The van der Waals surface area contributed by atoms with Crippen LogP contribution >= 0.6 is 11.3 Å². The summed E-state index contributed by atoms with van der Waals surface area (Å²) in [4.78, 5) is 7.16. The van der Waals surface area contributed by atoms with Crippen molar-refractivity contribution in [3.05, 3.63) is 35.3 Å². The third-order valence-electron chi connectivity index (χ3n) is 3.57. The molecule has 0 amide bonds. The Morgan fingerprint density at radius 3 is 2.61 bits per heavy atom. The Bertz CT molecular complexity index is 751. The number of aromatic nitrogens is 1. The molecule has 0 spiro atoms. The zero-order valence-electron chi connectivity index (χ0n) is 12.9. The van der Waals surface area contributed by atoms with E-state index in [2.05, 4.69) is 15.2 Å². The van der Waals surface area contributed by atoms with Gasteiger partial charge < -0.3 is 15.0 Å². The molecule has 3 rings (SSSR count). The van der Waals surface area contributed by atoms with Crippen molar-refractivity contribution >= 4 is 26.3 Å². The third-order valence-corrected chi connectivity index (χ3v) is 5.64. The molecule has 2 heterocycles. The lowest BCUT2D eigenvalue weighted by Gasteiger charge is -2.26. The largest absolute Gasteiger partial charge is 0.487 e. The van der Waals surface area contributed by atoms with Crippen LogP contribution in [0.2, 0.25) is 0 Å². The van der Waals surface area contributed by atoms with Gasteiger partial charge in [-0.25, -0.2) is 13.4 Å². The minimum atomic E-state index is -3.17. The summed E-state index contributed by atoms with van der Waals surface area (Å²) >= 11 is 1.62. The predicted octanol–water partition coefficient (Wildman–Crippen LogP) is 1.54. The van der Waals surface area contributed by atoms with Crippen LogP contribution in [0, 0.1) is 0 Å². The molecule has 2 aromatic rings. The molecule has 1 aromatic heterocycles. The van der Waals surface area contributed by atoms with Crippen LogP contribution < -0.4 is 15.0 Å². The number of hydrogen-bond acceptors (Lipinski definition) is 7. The van der Waals surface area contributed by atoms with Gasteiger partial charge in [0, 0.05) is 37.8 Å². The zero-order valence-corrected chi connectivity index (χ0v) is 14.5. The maximum Gasteiger partial charge on any atom is 0.185 e. The Balaban J connectivity index is 1.59. The van der Waals surface area contributed by atoms with Crippen molar-refractivity contribution in [3.8, 4) is 5.75 Å². The zero-order chi connectivity index (χ0) is 16.3. The SMILES string of the molecule is CS(=O)(=O)c1ccc(OCc2csc(N3CCNCC3)n2)cc1. The van der Waals surface area contributed by atoms with Gasteiger partial charge in [-0.1, -0.05) is 0 Å². The number of sulfone groups is 1. The van der Waals surface area contributed by atoms with Crippen molar-refractivity contribution in [2.24, 2.45) is 0 Å². The molecule has 0 saturated carbocycles. The van der Waals surface area contributed by atoms with E-state index in [1.807, 2.05) is 5.38 Å². The van der Waals surface area contributed by atoms with Gasteiger partial charge in [0.2, 0.25) is 0 Å². The summed E-state index contributed by atoms with van der Waals surface area (Å²) in [6.07, 6.45) is 1.19. The number of rotatable bonds is 5. The van der Waals surface area contributed by atoms with Crippen LogP contribution in [0.3, 0.4) is 0 Å². The van der Waals surface area contributed by atoms with E-state index in [0.29, 0.717) is 17.3 Å². The maximum atomic E-state index is 11.4. The van der Waals surface area contributed by atoms with E-state index in [1.54, 1.807) is 35.6 Å². The van der Waals surface area contributed by atoms with E-state index in [4.69, 9.17) is 4.74 Å². The monoisotopic (exact) mass is 353 g/mol. The Kier molecular flexibility index (Phi) is 4.84. The summed E-state index contributed by atoms with van der Waals surface area (Å²) in [6, 6.07) is 6.44. The van der Waals surface area contributed by atoms with Crippen molar-refractivity contribution in [2.75, 3.05) is 37.3 Å². The van der Waals surface area contributed by atoms with E-state index in [0.717, 1.165) is 37.0 Å². The minimum absolute atomic E-state index is 0.291. The number of ether oxygens (including phenoxy) is 1. The van der Waals surface area contributed by atoms with E-state index in [9.17, 15) is 8.42 Å². The number of hydrogen-bond donors (Lipinski definition) is 1. The summed E-state index contributed by atoms with van der Waals surface area (Å²) in [6.45, 7) is 4.29. The molecule has 1 aromatic carbocycles. The first-order valence-electron chi connectivity index (χ1n) is 7.35. The fourth-order valence-corrected chi connectivity index (χ4v) is 3.80. The fraction of sp³-hybridized carbons (Fsp3) is 0.400. The van der Waals surface area contributed by atoms with Crippen LogP contribution in [-0.4, -0.2) is 45.8 Å². The van der Waals surface area contributed by atoms with Gasteiger partial charge in [-0.3, -0.25) is 0 Å². The Morgan fingerprint density at radius 2 is 1.96 bits per heavy atom. The molecule has 1 saturated heterocycles. The smallest absolute Gasteiger partial charge is 0.185 e. The highest BCUT2D eigenvalue weighted by atomic mass is 32.2. The molecule has 0 radical (unpaired) electrons. The standard InChI is InChI=1S/C15H19N3O3S2/c1-23(19,20)14-4-2-13(3-5-14)21-10-12-11-22-15(17-12)18-8-6-16-7-9-18/h2-5,11,16H,6-10H2,1H3. The van der Waals surface area contributed by atoms with E-state index in [-0.39, 0.29) is 0 Å². The van der Waals surface area contributed by atoms with Crippen molar-refractivity contribution in [3.63, 3.8) is 0 Å². The first kappa shape index (κ1) is 16.2. The van der Waals surface area contributed by atoms with Crippen molar-refractivity contribution in [1.82, 2.24) is 10.3 Å². The molecule has 1 aliphatic rings. The number of piperazine rings is 1. The molecule has 1 N–H and O–H groups in total. The Labute approximate surface area is 140 Å². The Hall–Kier alpha value is -1.64. The second-order valence-corrected chi connectivity index (χ2v) is 8.24. The summed E-state index contributed by atoms with van der Waals surface area (Å²) < 4.78 is 28.5. The molecule has 6 nitrogen and oxygen atoms in total. The average molecular weight is 353 g/mol. The molecular weight excluding hydrogens is 334 g/mol. The van der Waals surface area contributed by atoms with Crippen molar-refractivity contribution < 1.29 is 13.2 Å². The van der Waals surface area contributed by atoms with E-state index in [1.165, 1.54) is 6.26 Å². The molecule has 23 heavy (non-hydrogen) atoms. The van der Waals surface area contributed by atoms with Gasteiger partial charge in [0.05, 0.1) is 10.6 Å². The van der Waals surface area contributed by atoms with Crippen molar-refractivity contribution in [1.29, 1.82) is 0 Å². The van der Waals surface area contributed by atoms with Crippen LogP contribution in [-0.2, 0) is 16.4 Å². The summed E-state index contributed by atoms with van der Waals surface area (Å²) in [5.74, 6) is 0.633. The first-order chi connectivity index (χ1) is 11.0. The second kappa shape index (κ2) is 6.86. The van der Waals surface area contributed by atoms with Gasteiger partial charge in [0.25, 0.3) is 0 Å². The van der Waals surface area contributed by atoms with Crippen LogP contribution in [0.1, 0.15) is 5.69 Å². The van der Waals surface area contributed by atoms with Gasteiger partial charge in [0.15, 0.2) is 15.0 Å². The highest BCUT2D eigenvalue weighted by Gasteiger charge is 2.14. The molecule has 0 aliphatic carbocycles. The number of nitrogens with zero attached hydrogens (tertiary/aromatic N) is 2.